The molecule has 5 rings (SSSR count). The minimum absolute atomic E-state index is 0.0333. The number of nitrogens with one attached hydrogen (secondary N) is 2. The highest BCUT2D eigenvalue weighted by molar-refractivity contribution is 5.99. The maximum absolute atomic E-state index is 14.0. The Morgan fingerprint density at radius 3 is 2.65 bits per heavy atom. The van der Waals surface area contributed by atoms with Crippen LogP contribution in [-0.4, -0.2) is 34.8 Å². The first-order valence-corrected chi connectivity index (χ1v) is 11.6. The lowest BCUT2D eigenvalue weighted by molar-refractivity contribution is -0.143. The molecule has 0 bridgehead atoms. The number of hydrogen-bond acceptors (Lipinski definition) is 4. The number of fused-ring (bicyclic) bond motifs is 1. The molecule has 3 heterocycles. The Morgan fingerprint density at radius 2 is 1.94 bits per heavy atom. The highest BCUT2D eigenvalue weighted by Gasteiger charge is 2.47. The summed E-state index contributed by atoms with van der Waals surface area (Å²) in [5, 5.41) is 6.15. The third-order valence-electron chi connectivity index (χ3n) is 7.03. The van der Waals surface area contributed by atoms with Crippen molar-refractivity contribution in [3.63, 3.8) is 0 Å². The molecule has 1 aromatic heterocycles. The average Bonchev–Trinajstić information content (AvgIpc) is 3.32. The van der Waals surface area contributed by atoms with Gasteiger partial charge in [0.25, 0.3) is 0 Å². The predicted octanol–water partition coefficient (Wildman–Crippen LogP) is 3.90. The molecule has 9 heteroatoms. The predicted molar refractivity (Wildman–Crippen MR) is 120 cm³/mol. The van der Waals surface area contributed by atoms with E-state index in [4.69, 9.17) is 0 Å². The fourth-order valence-corrected chi connectivity index (χ4v) is 5.13. The van der Waals surface area contributed by atoms with E-state index in [1.54, 1.807) is 4.90 Å². The van der Waals surface area contributed by atoms with Gasteiger partial charge in [0.1, 0.15) is 0 Å². The fourth-order valence-electron chi connectivity index (χ4n) is 5.13. The normalized spacial score (nSPS) is 21.9. The molecule has 0 spiro atoms. The first kappa shape index (κ1) is 22.8. The number of carbonyl (C=O) groups is 2. The lowest BCUT2D eigenvalue weighted by Crippen LogP contribution is -2.45. The Hall–Kier alpha value is -2.94. The quantitative estimate of drug-likeness (QED) is 0.641. The lowest BCUT2D eigenvalue weighted by Gasteiger charge is -2.34. The second kappa shape index (κ2) is 8.69. The molecular formula is C25H27F3N4O2. The summed E-state index contributed by atoms with van der Waals surface area (Å²) in [4.78, 5) is 31.2. The molecule has 0 radical (unpaired) electrons. The van der Waals surface area contributed by atoms with Gasteiger partial charge in [0.05, 0.1) is 17.4 Å². The van der Waals surface area contributed by atoms with Crippen LogP contribution in [0, 0.1) is 11.3 Å². The van der Waals surface area contributed by atoms with Gasteiger partial charge < -0.3 is 15.5 Å². The van der Waals surface area contributed by atoms with Crippen molar-refractivity contribution in [1.82, 2.24) is 15.2 Å². The van der Waals surface area contributed by atoms with Crippen molar-refractivity contribution < 1.29 is 22.8 Å². The van der Waals surface area contributed by atoms with Crippen LogP contribution in [0.4, 0.5) is 18.9 Å². The smallest absolute Gasteiger partial charge is 0.333 e. The van der Waals surface area contributed by atoms with E-state index < -0.39 is 17.2 Å². The van der Waals surface area contributed by atoms with E-state index in [1.807, 2.05) is 18.2 Å². The van der Waals surface area contributed by atoms with Crippen LogP contribution in [0.15, 0.2) is 36.7 Å². The van der Waals surface area contributed by atoms with Gasteiger partial charge in [-0.1, -0.05) is 25.0 Å². The Kier molecular flexibility index (Phi) is 5.83. The van der Waals surface area contributed by atoms with Crippen molar-refractivity contribution in [3.8, 4) is 0 Å². The first-order valence-electron chi connectivity index (χ1n) is 11.6. The molecular weight excluding hydrogens is 445 g/mol. The SMILES string of the molecule is O=C1Cc2ccc(CN(Cc3cncc(C(F)(F)F)c3)C(=O)C3(CC4CC4)CCNC3)cc2N1. The first-order chi connectivity index (χ1) is 16.2. The molecule has 1 atom stereocenters. The Bertz CT molecular complexity index is 1110. The van der Waals surface area contributed by atoms with Crippen molar-refractivity contribution in [1.29, 1.82) is 0 Å². The average molecular weight is 473 g/mol. The largest absolute Gasteiger partial charge is 0.417 e. The zero-order valence-electron chi connectivity index (χ0n) is 18.8. The molecule has 2 aromatic rings. The third-order valence-corrected chi connectivity index (χ3v) is 7.03. The van der Waals surface area contributed by atoms with Gasteiger partial charge in [0, 0.05) is 37.7 Å². The van der Waals surface area contributed by atoms with Gasteiger partial charge in [-0.2, -0.15) is 13.2 Å². The minimum atomic E-state index is -4.50. The number of alkyl halides is 3. The van der Waals surface area contributed by atoms with Gasteiger partial charge in [-0.3, -0.25) is 14.6 Å². The van der Waals surface area contributed by atoms with E-state index in [0.29, 0.717) is 24.4 Å². The molecule has 1 unspecified atom stereocenters. The topological polar surface area (TPSA) is 74.3 Å². The molecule has 180 valence electrons. The summed E-state index contributed by atoms with van der Waals surface area (Å²) in [5.74, 6) is 0.429. The molecule has 1 aromatic carbocycles. The number of pyridine rings is 1. The number of aromatic nitrogens is 1. The summed E-state index contributed by atoms with van der Waals surface area (Å²) in [5.41, 5.74) is 1.42. The van der Waals surface area contributed by atoms with Gasteiger partial charge >= 0.3 is 6.18 Å². The second-order valence-corrected chi connectivity index (χ2v) is 9.81. The Balaban J connectivity index is 1.45. The molecule has 2 N–H and O–H groups in total. The number of carbonyl (C=O) groups excluding carboxylic acids is 2. The van der Waals surface area contributed by atoms with Crippen molar-refractivity contribution in [2.75, 3.05) is 18.4 Å². The number of benzene rings is 1. The lowest BCUT2D eigenvalue weighted by atomic mass is 9.80. The molecule has 1 saturated carbocycles. The van der Waals surface area contributed by atoms with Gasteiger partial charge in [-0.05, 0) is 54.1 Å². The van der Waals surface area contributed by atoms with E-state index >= 15 is 0 Å². The van der Waals surface area contributed by atoms with Crippen LogP contribution in [0.1, 0.15) is 47.9 Å². The zero-order chi connectivity index (χ0) is 23.9. The monoisotopic (exact) mass is 472 g/mol. The Morgan fingerprint density at radius 1 is 1.15 bits per heavy atom. The fraction of sp³-hybridized carbons (Fsp3) is 0.480. The molecule has 2 aliphatic heterocycles. The van der Waals surface area contributed by atoms with Crippen LogP contribution in [-0.2, 0) is 35.3 Å². The van der Waals surface area contributed by atoms with Crippen LogP contribution in [0.3, 0.4) is 0 Å². The minimum Gasteiger partial charge on any atom is -0.333 e. The molecule has 1 saturated heterocycles. The Labute approximate surface area is 195 Å². The van der Waals surface area contributed by atoms with E-state index in [-0.39, 0.29) is 24.9 Å². The van der Waals surface area contributed by atoms with Crippen molar-refractivity contribution in [3.05, 3.63) is 58.9 Å². The highest BCUT2D eigenvalue weighted by atomic mass is 19.4. The zero-order valence-corrected chi connectivity index (χ0v) is 18.8. The molecule has 3 aliphatic rings. The van der Waals surface area contributed by atoms with Gasteiger partial charge in [-0.25, -0.2) is 0 Å². The van der Waals surface area contributed by atoms with Crippen molar-refractivity contribution in [2.24, 2.45) is 11.3 Å². The number of anilines is 1. The molecule has 2 fully saturated rings. The maximum atomic E-state index is 14.0. The van der Waals surface area contributed by atoms with Gasteiger partial charge in [-0.15, -0.1) is 0 Å². The van der Waals surface area contributed by atoms with Gasteiger partial charge in [0.2, 0.25) is 11.8 Å². The van der Waals surface area contributed by atoms with Gasteiger partial charge in [0.15, 0.2) is 0 Å². The van der Waals surface area contributed by atoms with E-state index in [0.717, 1.165) is 61.3 Å². The van der Waals surface area contributed by atoms with E-state index in [9.17, 15) is 22.8 Å². The summed E-state index contributed by atoms with van der Waals surface area (Å²) in [7, 11) is 0. The number of nitrogens with zero attached hydrogens (tertiary/aromatic N) is 2. The van der Waals surface area contributed by atoms with Crippen LogP contribution >= 0.6 is 0 Å². The molecule has 1 aliphatic carbocycles. The standard InChI is InChI=1S/C25H27F3N4O2/c26-25(27,28)20-7-18(11-30-12-20)14-32(13-17-3-4-19-9-22(33)31-21(19)8-17)23(34)24(5-6-29-15-24)10-16-1-2-16/h3-4,7-8,11-12,16,29H,1-2,5-6,9-10,13-15H2,(H,31,33). The summed E-state index contributed by atoms with van der Waals surface area (Å²) in [6, 6.07) is 6.67. The second-order valence-electron chi connectivity index (χ2n) is 9.81. The van der Waals surface area contributed by atoms with E-state index in [2.05, 4.69) is 15.6 Å². The molecule has 6 nitrogen and oxygen atoms in total. The van der Waals surface area contributed by atoms with Crippen LogP contribution in [0.2, 0.25) is 0 Å². The number of hydrogen-bond donors (Lipinski definition) is 2. The summed E-state index contributed by atoms with van der Waals surface area (Å²) in [6.07, 6.45) is 1.78. The van der Waals surface area contributed by atoms with Crippen molar-refractivity contribution in [2.45, 2.75) is 51.4 Å². The van der Waals surface area contributed by atoms with Crippen LogP contribution in [0.5, 0.6) is 0 Å². The number of amides is 2. The third kappa shape index (κ3) is 4.80. The molecule has 34 heavy (non-hydrogen) atoms. The van der Waals surface area contributed by atoms with E-state index in [1.165, 1.54) is 6.20 Å². The summed E-state index contributed by atoms with van der Waals surface area (Å²) < 4.78 is 39.8. The number of halogens is 3. The molecule has 2 amide bonds. The maximum Gasteiger partial charge on any atom is 0.417 e. The van der Waals surface area contributed by atoms with Crippen LogP contribution in [0.25, 0.3) is 0 Å². The van der Waals surface area contributed by atoms with Crippen molar-refractivity contribution >= 4 is 17.5 Å². The van der Waals surface area contributed by atoms with Crippen LogP contribution < -0.4 is 10.6 Å². The highest BCUT2D eigenvalue weighted by Crippen LogP contribution is 2.44. The number of rotatable bonds is 7. The summed E-state index contributed by atoms with van der Waals surface area (Å²) >= 11 is 0. The summed E-state index contributed by atoms with van der Waals surface area (Å²) in [6.45, 7) is 1.61.